The second-order valence-corrected chi connectivity index (χ2v) is 3.80. The van der Waals surface area contributed by atoms with Gasteiger partial charge in [-0.25, -0.2) is 0 Å². The number of amides is 1. The number of carbonyl (C=O) groups is 1. The first-order valence-electron chi connectivity index (χ1n) is 5.38. The van der Waals surface area contributed by atoms with Gasteiger partial charge in [0.15, 0.2) is 0 Å². The van der Waals surface area contributed by atoms with Gasteiger partial charge in [-0.3, -0.25) is 4.79 Å². The largest absolute Gasteiger partial charge is 0.349 e. The van der Waals surface area contributed by atoms with E-state index in [-0.39, 0.29) is 24.4 Å². The van der Waals surface area contributed by atoms with Crippen molar-refractivity contribution in [2.24, 2.45) is 5.73 Å². The van der Waals surface area contributed by atoms with Crippen molar-refractivity contribution in [2.75, 3.05) is 0 Å². The van der Waals surface area contributed by atoms with Crippen LogP contribution in [0.5, 0.6) is 0 Å². The van der Waals surface area contributed by atoms with Crippen LogP contribution in [-0.2, 0) is 6.54 Å². The lowest BCUT2D eigenvalue weighted by Crippen LogP contribution is -2.32. The Kier molecular flexibility index (Phi) is 7.26. The van der Waals surface area contributed by atoms with Crippen LogP contribution in [0.1, 0.15) is 29.3 Å². The van der Waals surface area contributed by atoms with Crippen molar-refractivity contribution < 1.29 is 4.79 Å². The average molecular weight is 255 g/mol. The van der Waals surface area contributed by atoms with E-state index in [1.165, 1.54) is 0 Å². The molecule has 1 aromatic rings. The highest BCUT2D eigenvalue weighted by atomic mass is 35.5. The molecule has 0 aliphatic carbocycles. The van der Waals surface area contributed by atoms with E-state index in [9.17, 15) is 4.79 Å². The average Bonchev–Trinajstić information content (AvgIpc) is 2.29. The standard InChI is InChI=1S/C13H18N2O.ClH/c1-3-4-10(2)15-13(16)12-7-5-11(9-14)6-8-12;/h3,5-8,10H,1,4,9,14H2,2H3,(H,15,16);1H. The zero-order valence-corrected chi connectivity index (χ0v) is 10.8. The third-order valence-electron chi connectivity index (χ3n) is 2.35. The summed E-state index contributed by atoms with van der Waals surface area (Å²) in [6.07, 6.45) is 2.56. The number of nitrogens with two attached hydrogens (primary N) is 1. The maximum absolute atomic E-state index is 11.8. The van der Waals surface area contributed by atoms with Crippen LogP contribution >= 0.6 is 12.4 Å². The fourth-order valence-electron chi connectivity index (χ4n) is 1.41. The first kappa shape index (κ1) is 15.7. The molecule has 0 bridgehead atoms. The van der Waals surface area contributed by atoms with Gasteiger partial charge in [-0.1, -0.05) is 18.2 Å². The quantitative estimate of drug-likeness (QED) is 0.792. The molecule has 0 aromatic heterocycles. The summed E-state index contributed by atoms with van der Waals surface area (Å²) in [6, 6.07) is 7.43. The molecular formula is C13H19ClN2O. The first-order chi connectivity index (χ1) is 7.67. The number of hydrogen-bond donors (Lipinski definition) is 2. The molecular weight excluding hydrogens is 236 g/mol. The van der Waals surface area contributed by atoms with Gasteiger partial charge in [0, 0.05) is 18.2 Å². The highest BCUT2D eigenvalue weighted by Gasteiger charge is 2.07. The Morgan fingerprint density at radius 3 is 2.53 bits per heavy atom. The molecule has 94 valence electrons. The van der Waals surface area contributed by atoms with Gasteiger partial charge in [-0.2, -0.15) is 0 Å². The summed E-state index contributed by atoms with van der Waals surface area (Å²) in [4.78, 5) is 11.8. The van der Waals surface area contributed by atoms with Crippen LogP contribution in [0.3, 0.4) is 0 Å². The van der Waals surface area contributed by atoms with Gasteiger partial charge in [-0.05, 0) is 31.0 Å². The minimum absolute atomic E-state index is 0. The lowest BCUT2D eigenvalue weighted by atomic mass is 10.1. The summed E-state index contributed by atoms with van der Waals surface area (Å²) >= 11 is 0. The third kappa shape index (κ3) is 5.02. The number of hydrogen-bond acceptors (Lipinski definition) is 2. The van der Waals surface area contributed by atoms with Crippen molar-refractivity contribution in [1.29, 1.82) is 0 Å². The van der Waals surface area contributed by atoms with Crippen LogP contribution < -0.4 is 11.1 Å². The topological polar surface area (TPSA) is 55.1 Å². The van der Waals surface area contributed by atoms with E-state index in [0.717, 1.165) is 12.0 Å². The normalized spacial score (nSPS) is 11.2. The molecule has 3 N–H and O–H groups in total. The van der Waals surface area contributed by atoms with Crippen molar-refractivity contribution in [3.63, 3.8) is 0 Å². The predicted octanol–water partition coefficient (Wildman–Crippen LogP) is 2.26. The summed E-state index contributed by atoms with van der Waals surface area (Å²) in [7, 11) is 0. The molecule has 0 spiro atoms. The fourth-order valence-corrected chi connectivity index (χ4v) is 1.41. The van der Waals surface area contributed by atoms with Crippen LogP contribution in [0.4, 0.5) is 0 Å². The molecule has 1 aromatic carbocycles. The molecule has 1 atom stereocenters. The van der Waals surface area contributed by atoms with E-state index >= 15 is 0 Å². The smallest absolute Gasteiger partial charge is 0.251 e. The Morgan fingerprint density at radius 2 is 2.06 bits per heavy atom. The number of carbonyl (C=O) groups excluding carboxylic acids is 1. The van der Waals surface area contributed by atoms with Crippen LogP contribution in [0, 0.1) is 0 Å². The van der Waals surface area contributed by atoms with Gasteiger partial charge >= 0.3 is 0 Å². The summed E-state index contributed by atoms with van der Waals surface area (Å²) < 4.78 is 0. The lowest BCUT2D eigenvalue weighted by molar-refractivity contribution is 0.0940. The zero-order valence-electron chi connectivity index (χ0n) is 9.98. The Morgan fingerprint density at radius 1 is 1.47 bits per heavy atom. The Bertz CT molecular complexity index is 362. The van der Waals surface area contributed by atoms with Gasteiger partial charge in [-0.15, -0.1) is 19.0 Å². The fraction of sp³-hybridized carbons (Fsp3) is 0.308. The lowest BCUT2D eigenvalue weighted by Gasteiger charge is -2.11. The van der Waals surface area contributed by atoms with Gasteiger partial charge in [0.05, 0.1) is 0 Å². The minimum Gasteiger partial charge on any atom is -0.349 e. The van der Waals surface area contributed by atoms with E-state index in [1.807, 2.05) is 19.1 Å². The monoisotopic (exact) mass is 254 g/mol. The van der Waals surface area contributed by atoms with E-state index in [2.05, 4.69) is 11.9 Å². The highest BCUT2D eigenvalue weighted by molar-refractivity contribution is 5.94. The predicted molar refractivity (Wildman–Crippen MR) is 73.3 cm³/mol. The summed E-state index contributed by atoms with van der Waals surface area (Å²) in [5.74, 6) is -0.0575. The van der Waals surface area contributed by atoms with E-state index in [4.69, 9.17) is 5.73 Å². The van der Waals surface area contributed by atoms with Gasteiger partial charge in [0.25, 0.3) is 5.91 Å². The number of halogens is 1. The second kappa shape index (κ2) is 7.87. The van der Waals surface area contributed by atoms with Crippen molar-refractivity contribution >= 4 is 18.3 Å². The molecule has 0 aliphatic rings. The molecule has 17 heavy (non-hydrogen) atoms. The number of nitrogens with one attached hydrogen (secondary N) is 1. The Balaban J connectivity index is 0.00000256. The van der Waals surface area contributed by atoms with Crippen LogP contribution in [0.25, 0.3) is 0 Å². The molecule has 1 unspecified atom stereocenters. The van der Waals surface area contributed by atoms with Crippen LogP contribution in [0.2, 0.25) is 0 Å². The van der Waals surface area contributed by atoms with E-state index in [0.29, 0.717) is 12.1 Å². The molecule has 0 heterocycles. The molecule has 1 amide bonds. The summed E-state index contributed by atoms with van der Waals surface area (Å²) in [5.41, 5.74) is 7.17. The van der Waals surface area contributed by atoms with Crippen LogP contribution in [-0.4, -0.2) is 11.9 Å². The van der Waals surface area contributed by atoms with E-state index in [1.54, 1.807) is 18.2 Å². The molecule has 3 nitrogen and oxygen atoms in total. The number of rotatable bonds is 5. The van der Waals surface area contributed by atoms with Crippen molar-refractivity contribution in [3.8, 4) is 0 Å². The molecule has 0 saturated heterocycles. The van der Waals surface area contributed by atoms with Crippen molar-refractivity contribution in [2.45, 2.75) is 25.9 Å². The molecule has 1 rings (SSSR count). The zero-order chi connectivity index (χ0) is 12.0. The Hall–Kier alpha value is -1.32. The maximum atomic E-state index is 11.8. The SMILES string of the molecule is C=CCC(C)NC(=O)c1ccc(CN)cc1.Cl. The Labute approximate surface area is 109 Å². The summed E-state index contributed by atoms with van der Waals surface area (Å²) in [6.45, 7) is 6.09. The maximum Gasteiger partial charge on any atom is 0.251 e. The molecule has 0 radical (unpaired) electrons. The number of benzene rings is 1. The molecule has 0 fully saturated rings. The minimum atomic E-state index is -0.0575. The molecule has 0 aliphatic heterocycles. The molecule has 0 saturated carbocycles. The third-order valence-corrected chi connectivity index (χ3v) is 2.35. The first-order valence-corrected chi connectivity index (χ1v) is 5.38. The van der Waals surface area contributed by atoms with Crippen molar-refractivity contribution in [3.05, 3.63) is 48.0 Å². The van der Waals surface area contributed by atoms with Gasteiger partial charge in [0.1, 0.15) is 0 Å². The van der Waals surface area contributed by atoms with Gasteiger partial charge in [0.2, 0.25) is 0 Å². The highest BCUT2D eigenvalue weighted by Crippen LogP contribution is 2.04. The van der Waals surface area contributed by atoms with Gasteiger partial charge < -0.3 is 11.1 Å². The van der Waals surface area contributed by atoms with E-state index < -0.39 is 0 Å². The van der Waals surface area contributed by atoms with Crippen molar-refractivity contribution in [1.82, 2.24) is 5.32 Å². The second-order valence-electron chi connectivity index (χ2n) is 3.80. The molecule has 4 heteroatoms. The van der Waals surface area contributed by atoms with Crippen LogP contribution in [0.15, 0.2) is 36.9 Å². The summed E-state index contributed by atoms with van der Waals surface area (Å²) in [5, 5.41) is 2.89.